The Labute approximate surface area is 89.7 Å². The van der Waals surface area contributed by atoms with Gasteiger partial charge in [0.15, 0.2) is 0 Å². The number of amides is 1. The van der Waals surface area contributed by atoms with Crippen molar-refractivity contribution in [2.45, 2.75) is 26.8 Å². The van der Waals surface area contributed by atoms with E-state index in [1.54, 1.807) is 18.9 Å². The predicted octanol–water partition coefficient (Wildman–Crippen LogP) is 2.61. The second kappa shape index (κ2) is 4.43. The Morgan fingerprint density at radius 2 is 2.00 bits per heavy atom. The summed E-state index contributed by atoms with van der Waals surface area (Å²) in [7, 11) is 1.75. The molecule has 0 bridgehead atoms. The number of halogens is 1. The maximum Gasteiger partial charge on any atom is 0.254 e. The molecule has 3 heteroatoms. The predicted molar refractivity (Wildman–Crippen MR) is 58.4 cm³/mol. The molecule has 0 saturated heterocycles. The molecular weight excluding hydrogens is 193 g/mol. The molecule has 0 saturated carbocycles. The van der Waals surface area contributed by atoms with Gasteiger partial charge in [-0.05, 0) is 44.5 Å². The van der Waals surface area contributed by atoms with Crippen LogP contribution in [-0.2, 0) is 0 Å². The fourth-order valence-corrected chi connectivity index (χ4v) is 1.29. The number of benzene rings is 1. The lowest BCUT2D eigenvalue weighted by molar-refractivity contribution is 0.0754. The third-order valence-corrected chi connectivity index (χ3v) is 2.51. The Kier molecular flexibility index (Phi) is 3.45. The molecule has 0 fully saturated rings. The average Bonchev–Trinajstić information content (AvgIpc) is 2.15. The van der Waals surface area contributed by atoms with Gasteiger partial charge in [0, 0.05) is 18.7 Å². The summed E-state index contributed by atoms with van der Waals surface area (Å²) in [6.45, 7) is 5.62. The molecule has 0 aliphatic rings. The van der Waals surface area contributed by atoms with Crippen LogP contribution in [0.5, 0.6) is 0 Å². The third kappa shape index (κ3) is 2.55. The number of carbonyl (C=O) groups excluding carboxylic acids is 1. The molecule has 0 heterocycles. The van der Waals surface area contributed by atoms with Crippen LogP contribution in [0.1, 0.15) is 29.8 Å². The largest absolute Gasteiger partial charge is 0.339 e. The maximum absolute atomic E-state index is 12.8. The van der Waals surface area contributed by atoms with E-state index in [9.17, 15) is 9.18 Å². The van der Waals surface area contributed by atoms with Crippen molar-refractivity contribution >= 4 is 5.91 Å². The topological polar surface area (TPSA) is 20.3 Å². The molecule has 0 radical (unpaired) electrons. The summed E-state index contributed by atoms with van der Waals surface area (Å²) in [4.78, 5) is 13.6. The quantitative estimate of drug-likeness (QED) is 0.733. The van der Waals surface area contributed by atoms with Crippen LogP contribution in [0.15, 0.2) is 18.2 Å². The highest BCUT2D eigenvalue weighted by Gasteiger charge is 2.16. The van der Waals surface area contributed by atoms with Crippen molar-refractivity contribution in [3.8, 4) is 0 Å². The number of hydrogen-bond donors (Lipinski definition) is 0. The minimum atomic E-state index is -0.309. The maximum atomic E-state index is 12.8. The van der Waals surface area contributed by atoms with Crippen LogP contribution >= 0.6 is 0 Å². The van der Waals surface area contributed by atoms with Crippen molar-refractivity contribution in [1.82, 2.24) is 4.90 Å². The van der Waals surface area contributed by atoms with Gasteiger partial charge < -0.3 is 4.90 Å². The van der Waals surface area contributed by atoms with Crippen molar-refractivity contribution in [1.29, 1.82) is 0 Å². The lowest BCUT2D eigenvalue weighted by Gasteiger charge is -2.22. The fraction of sp³-hybridized carbons (Fsp3) is 0.417. The lowest BCUT2D eigenvalue weighted by atomic mass is 10.1. The van der Waals surface area contributed by atoms with Crippen LogP contribution in [0, 0.1) is 12.7 Å². The summed E-state index contributed by atoms with van der Waals surface area (Å²) in [6, 6.07) is 4.36. The van der Waals surface area contributed by atoms with Gasteiger partial charge >= 0.3 is 0 Å². The van der Waals surface area contributed by atoms with Crippen LogP contribution in [-0.4, -0.2) is 23.9 Å². The van der Waals surface area contributed by atoms with Gasteiger partial charge in [-0.25, -0.2) is 4.39 Å². The second-order valence-electron chi connectivity index (χ2n) is 3.97. The first kappa shape index (κ1) is 11.7. The standard InChI is InChI=1S/C12H16FNO/c1-8(2)14(4)12(15)11-6-5-10(13)7-9(11)3/h5-8H,1-4H3. The van der Waals surface area contributed by atoms with E-state index < -0.39 is 0 Å². The Bertz CT molecular complexity index is 374. The minimum absolute atomic E-state index is 0.0671. The summed E-state index contributed by atoms with van der Waals surface area (Å²) in [5.41, 5.74) is 1.24. The lowest BCUT2D eigenvalue weighted by Crippen LogP contribution is -2.33. The van der Waals surface area contributed by atoms with Gasteiger partial charge in [0.25, 0.3) is 5.91 Å². The number of rotatable bonds is 2. The van der Waals surface area contributed by atoms with E-state index in [2.05, 4.69) is 0 Å². The van der Waals surface area contributed by atoms with E-state index in [0.717, 1.165) is 0 Å². The Morgan fingerprint density at radius 1 is 1.40 bits per heavy atom. The molecule has 0 aromatic heterocycles. The smallest absolute Gasteiger partial charge is 0.254 e. The molecule has 2 nitrogen and oxygen atoms in total. The minimum Gasteiger partial charge on any atom is -0.339 e. The molecule has 0 aliphatic carbocycles. The third-order valence-electron chi connectivity index (χ3n) is 2.51. The molecule has 1 aromatic carbocycles. The summed E-state index contributed by atoms with van der Waals surface area (Å²) in [6.07, 6.45) is 0. The molecule has 0 unspecified atom stereocenters. The van der Waals surface area contributed by atoms with Crippen LogP contribution in [0.25, 0.3) is 0 Å². The van der Waals surface area contributed by atoms with E-state index in [0.29, 0.717) is 11.1 Å². The van der Waals surface area contributed by atoms with E-state index >= 15 is 0 Å². The van der Waals surface area contributed by atoms with Crippen LogP contribution in [0.3, 0.4) is 0 Å². The van der Waals surface area contributed by atoms with Crippen LogP contribution < -0.4 is 0 Å². The summed E-state index contributed by atoms with van der Waals surface area (Å²) in [5.74, 6) is -0.376. The molecule has 0 N–H and O–H groups in total. The molecule has 0 aliphatic heterocycles. The number of nitrogens with zero attached hydrogens (tertiary/aromatic N) is 1. The van der Waals surface area contributed by atoms with Gasteiger partial charge in [0.05, 0.1) is 0 Å². The monoisotopic (exact) mass is 209 g/mol. The molecular formula is C12H16FNO. The molecule has 0 atom stereocenters. The van der Waals surface area contributed by atoms with Gasteiger partial charge in [0.2, 0.25) is 0 Å². The summed E-state index contributed by atoms with van der Waals surface area (Å²) >= 11 is 0. The Balaban J connectivity index is 3.01. The SMILES string of the molecule is Cc1cc(F)ccc1C(=O)N(C)C(C)C. The van der Waals surface area contributed by atoms with E-state index in [-0.39, 0.29) is 17.8 Å². The van der Waals surface area contributed by atoms with E-state index in [1.165, 1.54) is 18.2 Å². The second-order valence-corrected chi connectivity index (χ2v) is 3.97. The first-order valence-corrected chi connectivity index (χ1v) is 4.96. The molecule has 15 heavy (non-hydrogen) atoms. The van der Waals surface area contributed by atoms with Gasteiger partial charge in [-0.1, -0.05) is 0 Å². The summed E-state index contributed by atoms with van der Waals surface area (Å²) in [5, 5.41) is 0. The van der Waals surface area contributed by atoms with Gasteiger partial charge in [0.1, 0.15) is 5.82 Å². The van der Waals surface area contributed by atoms with Crippen molar-refractivity contribution in [3.63, 3.8) is 0 Å². The Hall–Kier alpha value is -1.38. The highest BCUT2D eigenvalue weighted by Crippen LogP contribution is 2.13. The van der Waals surface area contributed by atoms with Crippen molar-refractivity contribution < 1.29 is 9.18 Å². The van der Waals surface area contributed by atoms with Gasteiger partial charge in [-0.2, -0.15) is 0 Å². The molecule has 1 rings (SSSR count). The Morgan fingerprint density at radius 3 is 2.47 bits per heavy atom. The van der Waals surface area contributed by atoms with Crippen LogP contribution in [0.4, 0.5) is 4.39 Å². The zero-order valence-electron chi connectivity index (χ0n) is 9.54. The summed E-state index contributed by atoms with van der Waals surface area (Å²) < 4.78 is 12.8. The van der Waals surface area contributed by atoms with Gasteiger partial charge in [-0.3, -0.25) is 4.79 Å². The molecule has 1 amide bonds. The molecule has 82 valence electrons. The van der Waals surface area contributed by atoms with E-state index in [4.69, 9.17) is 0 Å². The molecule has 0 spiro atoms. The first-order chi connectivity index (χ1) is 6.93. The highest BCUT2D eigenvalue weighted by atomic mass is 19.1. The van der Waals surface area contributed by atoms with E-state index in [1.807, 2.05) is 13.8 Å². The van der Waals surface area contributed by atoms with Crippen molar-refractivity contribution in [3.05, 3.63) is 35.1 Å². The zero-order valence-corrected chi connectivity index (χ0v) is 9.54. The van der Waals surface area contributed by atoms with Crippen molar-refractivity contribution in [2.75, 3.05) is 7.05 Å². The first-order valence-electron chi connectivity index (χ1n) is 4.96. The van der Waals surface area contributed by atoms with Crippen LogP contribution in [0.2, 0.25) is 0 Å². The number of aryl methyl sites for hydroxylation is 1. The molecule has 1 aromatic rings. The zero-order chi connectivity index (χ0) is 11.6. The normalized spacial score (nSPS) is 10.5. The van der Waals surface area contributed by atoms with Crippen molar-refractivity contribution in [2.24, 2.45) is 0 Å². The number of carbonyl (C=O) groups is 1. The highest BCUT2D eigenvalue weighted by molar-refractivity contribution is 5.95. The fourth-order valence-electron chi connectivity index (χ4n) is 1.29. The van der Waals surface area contributed by atoms with Gasteiger partial charge in [-0.15, -0.1) is 0 Å². The average molecular weight is 209 g/mol. The number of hydrogen-bond acceptors (Lipinski definition) is 1.